The molecule has 6 nitrogen and oxygen atoms in total. The molecule has 2 aliphatic carbocycles. The molecule has 0 saturated carbocycles. The third kappa shape index (κ3) is 7.54. The highest BCUT2D eigenvalue weighted by Crippen LogP contribution is 2.38. The molecule has 0 atom stereocenters. The van der Waals surface area contributed by atoms with Crippen LogP contribution >= 0.6 is 81.2 Å². The number of pyridine rings is 2. The lowest BCUT2D eigenvalue weighted by atomic mass is 10.1. The number of nitrogens with zero attached hydrogens (tertiary/aromatic N) is 4. The van der Waals surface area contributed by atoms with Crippen molar-refractivity contribution in [2.45, 2.75) is 38.5 Å². The van der Waals surface area contributed by atoms with Gasteiger partial charge in [0, 0.05) is 11.4 Å². The van der Waals surface area contributed by atoms with Gasteiger partial charge >= 0.3 is 0 Å². The van der Waals surface area contributed by atoms with Gasteiger partial charge in [0.15, 0.2) is 16.1 Å². The zero-order chi connectivity index (χ0) is 31.3. The largest absolute Gasteiger partial charge is 0.398 e. The van der Waals surface area contributed by atoms with Crippen LogP contribution in [-0.2, 0) is 25.7 Å². The van der Waals surface area contributed by atoms with Crippen molar-refractivity contribution in [2.24, 2.45) is 0 Å². The van der Waals surface area contributed by atoms with E-state index in [0.29, 0.717) is 5.82 Å². The zero-order valence-corrected chi connectivity index (χ0v) is 27.5. The van der Waals surface area contributed by atoms with E-state index in [-0.39, 0.29) is 46.7 Å². The van der Waals surface area contributed by atoms with Crippen LogP contribution < -0.4 is 11.1 Å². The summed E-state index contributed by atoms with van der Waals surface area (Å²) in [5, 5.41) is 21.1. The molecule has 0 unspecified atom stereocenters. The summed E-state index contributed by atoms with van der Waals surface area (Å²) in [5.41, 5.74) is 13.3. The van der Waals surface area contributed by atoms with E-state index in [1.807, 2.05) is 30.3 Å². The number of anilines is 3. The van der Waals surface area contributed by atoms with Crippen molar-refractivity contribution in [3.8, 4) is 12.1 Å². The van der Waals surface area contributed by atoms with Gasteiger partial charge in [-0.05, 0) is 72.9 Å². The van der Waals surface area contributed by atoms with Gasteiger partial charge in [-0.3, -0.25) is 0 Å². The van der Waals surface area contributed by atoms with E-state index in [9.17, 15) is 0 Å². The summed E-state index contributed by atoms with van der Waals surface area (Å²) in [6.45, 7) is 0. The maximum absolute atomic E-state index is 8.99. The van der Waals surface area contributed by atoms with Crippen LogP contribution in [0.25, 0.3) is 0 Å². The summed E-state index contributed by atoms with van der Waals surface area (Å²) in [6, 6.07) is 16.0. The fourth-order valence-corrected chi connectivity index (χ4v) is 6.35. The number of rotatable bonds is 2. The summed E-state index contributed by atoms with van der Waals surface area (Å²) in [6.07, 6.45) is 6.94. The Hall–Kier alpha value is -2.65. The second-order valence-corrected chi connectivity index (χ2v) is 12.0. The summed E-state index contributed by atoms with van der Waals surface area (Å²) in [7, 11) is 0. The van der Waals surface area contributed by atoms with Gasteiger partial charge in [0.25, 0.3) is 0 Å². The zero-order valence-electron chi connectivity index (χ0n) is 22.2. The monoisotopic (exact) mass is 710 g/mol. The normalized spacial score (nSPS) is 12.5. The van der Waals surface area contributed by atoms with Crippen LogP contribution in [0, 0.1) is 22.7 Å². The lowest BCUT2D eigenvalue weighted by Gasteiger charge is -2.13. The Morgan fingerprint density at radius 3 is 1.77 bits per heavy atom. The minimum Gasteiger partial charge on any atom is -0.398 e. The van der Waals surface area contributed by atoms with Crippen molar-refractivity contribution in [3.63, 3.8) is 0 Å². The Morgan fingerprint density at radius 2 is 1.16 bits per heavy atom. The molecule has 43 heavy (non-hydrogen) atoms. The Labute approximate surface area is 284 Å². The predicted molar refractivity (Wildman–Crippen MR) is 178 cm³/mol. The Kier molecular flexibility index (Phi) is 11.5. The standard InChI is InChI=1S/C15H10Cl3N3.C9H11N.C6Cl4N2/c16-12-10(7-19)14(18)21-15(13(12)17)20-11-6-2-4-8-3-1-5-9(8)11;10-9-6-2-4-7-3-1-5-8(7)9;7-3-2(1-11)5(9)12-6(10)4(3)8/h2,4,6H,1,3,5H2,(H,20,21);2,4,6H,1,3,5,10H2;. The van der Waals surface area contributed by atoms with Crippen LogP contribution in [0.15, 0.2) is 36.4 Å². The molecule has 2 aromatic heterocycles. The molecule has 6 rings (SSSR count). The molecule has 0 aliphatic heterocycles. The first-order valence-electron chi connectivity index (χ1n) is 12.9. The maximum Gasteiger partial charge on any atom is 0.152 e. The van der Waals surface area contributed by atoms with Gasteiger partial charge in [-0.2, -0.15) is 10.5 Å². The molecular formula is C30H21Cl7N6. The fourth-order valence-electron chi connectivity index (χ4n) is 4.78. The number of nitrogens with one attached hydrogen (secondary N) is 1. The second kappa shape index (κ2) is 14.9. The molecule has 2 aromatic carbocycles. The molecule has 2 heterocycles. The summed E-state index contributed by atoms with van der Waals surface area (Å²) in [4.78, 5) is 7.74. The van der Waals surface area contributed by atoms with E-state index >= 15 is 0 Å². The first-order valence-corrected chi connectivity index (χ1v) is 15.5. The SMILES string of the molecule is N#Cc1c(Cl)nc(Cl)c(Cl)c1Cl.N#Cc1c(Cl)nc(Nc2cccc3c2CCC3)c(Cl)c1Cl.Nc1cccc2c1CCC2. The van der Waals surface area contributed by atoms with E-state index in [1.165, 1.54) is 41.5 Å². The number of aromatic nitrogens is 2. The van der Waals surface area contributed by atoms with Crippen LogP contribution in [0.5, 0.6) is 0 Å². The molecule has 3 N–H and O–H groups in total. The van der Waals surface area contributed by atoms with E-state index in [0.717, 1.165) is 30.6 Å². The molecule has 0 bridgehead atoms. The molecule has 0 radical (unpaired) electrons. The highest BCUT2D eigenvalue weighted by molar-refractivity contribution is 6.49. The first kappa shape index (κ1) is 33.2. The van der Waals surface area contributed by atoms with E-state index in [1.54, 1.807) is 6.07 Å². The average molecular weight is 714 g/mol. The molecule has 13 heteroatoms. The van der Waals surface area contributed by atoms with Crippen molar-refractivity contribution in [2.75, 3.05) is 11.1 Å². The number of hydrogen-bond acceptors (Lipinski definition) is 6. The van der Waals surface area contributed by atoms with Crippen LogP contribution in [0.3, 0.4) is 0 Å². The van der Waals surface area contributed by atoms with Gasteiger partial charge in [0.05, 0.1) is 15.1 Å². The highest BCUT2D eigenvalue weighted by atomic mass is 35.5. The molecule has 0 fully saturated rings. The number of halogens is 7. The summed E-state index contributed by atoms with van der Waals surface area (Å²) >= 11 is 40.5. The number of hydrogen-bond donors (Lipinski definition) is 2. The smallest absolute Gasteiger partial charge is 0.152 e. The Morgan fingerprint density at radius 1 is 0.628 bits per heavy atom. The van der Waals surface area contributed by atoms with Crippen LogP contribution in [-0.4, -0.2) is 9.97 Å². The van der Waals surface area contributed by atoms with Gasteiger partial charge in [0.1, 0.15) is 33.4 Å². The molecule has 2 aliphatic rings. The van der Waals surface area contributed by atoms with Gasteiger partial charge in [-0.15, -0.1) is 0 Å². The number of aryl methyl sites for hydroxylation is 2. The number of nitrogen functional groups attached to an aromatic ring is 1. The van der Waals surface area contributed by atoms with Crippen molar-refractivity contribution in [3.05, 3.63) is 105 Å². The van der Waals surface area contributed by atoms with Crippen molar-refractivity contribution >= 4 is 98.4 Å². The van der Waals surface area contributed by atoms with Crippen LogP contribution in [0.2, 0.25) is 35.5 Å². The van der Waals surface area contributed by atoms with Crippen molar-refractivity contribution in [1.29, 1.82) is 10.5 Å². The van der Waals surface area contributed by atoms with Crippen LogP contribution in [0.1, 0.15) is 46.2 Å². The summed E-state index contributed by atoms with van der Waals surface area (Å²) < 4.78 is 0. The van der Waals surface area contributed by atoms with Crippen molar-refractivity contribution in [1.82, 2.24) is 9.97 Å². The molecule has 220 valence electrons. The Bertz CT molecular complexity index is 1780. The van der Waals surface area contributed by atoms with Crippen LogP contribution in [0.4, 0.5) is 17.2 Å². The highest BCUT2D eigenvalue weighted by Gasteiger charge is 2.19. The lowest BCUT2D eigenvalue weighted by Crippen LogP contribution is -2.00. The van der Waals surface area contributed by atoms with Gasteiger partial charge in [-0.25, -0.2) is 9.97 Å². The fraction of sp³-hybridized carbons (Fsp3) is 0.200. The van der Waals surface area contributed by atoms with Crippen molar-refractivity contribution < 1.29 is 0 Å². The maximum atomic E-state index is 8.99. The molecule has 4 aromatic rings. The minimum absolute atomic E-state index is 0.00864. The van der Waals surface area contributed by atoms with E-state index in [4.69, 9.17) is 97.5 Å². The van der Waals surface area contributed by atoms with Gasteiger partial charge in [0.2, 0.25) is 0 Å². The van der Waals surface area contributed by atoms with Gasteiger partial charge in [-0.1, -0.05) is 105 Å². The lowest BCUT2D eigenvalue weighted by molar-refractivity contribution is 0.912. The van der Waals surface area contributed by atoms with E-state index in [2.05, 4.69) is 27.4 Å². The topological polar surface area (TPSA) is 111 Å². The molecule has 0 amide bonds. The average Bonchev–Trinajstić information content (AvgIpc) is 3.67. The van der Waals surface area contributed by atoms with E-state index < -0.39 is 0 Å². The number of nitrogens with two attached hydrogens (primary N) is 1. The Balaban J connectivity index is 0.000000162. The minimum atomic E-state index is -0.0445. The van der Waals surface area contributed by atoms with Gasteiger partial charge < -0.3 is 11.1 Å². The predicted octanol–water partition coefficient (Wildman–Crippen LogP) is 10.5. The molecule has 0 spiro atoms. The second-order valence-electron chi connectivity index (χ2n) is 9.43. The third-order valence-corrected chi connectivity index (χ3v) is 9.44. The number of nitriles is 2. The quantitative estimate of drug-likeness (QED) is 0.158. The molecular weight excluding hydrogens is 693 g/mol. The molecule has 0 saturated heterocycles. The number of benzene rings is 2. The number of fused-ring (bicyclic) bond motifs is 2. The summed E-state index contributed by atoms with van der Waals surface area (Å²) in [5.74, 6) is 0.367. The third-order valence-electron chi connectivity index (χ3n) is 6.84. The first-order chi connectivity index (χ1) is 20.6.